The molecule has 1 atom stereocenters. The van der Waals surface area contributed by atoms with Gasteiger partial charge in [0.1, 0.15) is 7.85 Å². The highest BCUT2D eigenvalue weighted by Crippen LogP contribution is 2.18. The second-order valence-electron chi connectivity index (χ2n) is 3.60. The van der Waals surface area contributed by atoms with Crippen LogP contribution in [0.3, 0.4) is 0 Å². The van der Waals surface area contributed by atoms with Gasteiger partial charge >= 0.3 is 0 Å². The van der Waals surface area contributed by atoms with E-state index >= 15 is 0 Å². The molecule has 72 valence electrons. The Balaban J connectivity index is 2.12. The van der Waals surface area contributed by atoms with Crippen molar-refractivity contribution < 1.29 is 4.79 Å². The average Bonchev–Trinajstić information content (AvgIpc) is 2.45. The molecule has 1 aliphatic rings. The second kappa shape index (κ2) is 3.86. The van der Waals surface area contributed by atoms with E-state index < -0.39 is 0 Å². The Morgan fingerprint density at radius 1 is 1.64 bits per heavy atom. The molecule has 1 fully saturated rings. The summed E-state index contributed by atoms with van der Waals surface area (Å²) in [5, 5.41) is 6.97. The van der Waals surface area contributed by atoms with Crippen LogP contribution in [0.1, 0.15) is 25.3 Å². The van der Waals surface area contributed by atoms with Gasteiger partial charge in [0.2, 0.25) is 5.91 Å². The molecule has 0 saturated carbocycles. The van der Waals surface area contributed by atoms with Gasteiger partial charge < -0.3 is 5.32 Å². The monoisotopic (exact) mass is 189 g/mol. The van der Waals surface area contributed by atoms with Crippen LogP contribution in [-0.4, -0.2) is 30.1 Å². The second-order valence-corrected chi connectivity index (χ2v) is 3.60. The first kappa shape index (κ1) is 9.31. The maximum absolute atomic E-state index is 11.3. The fraction of sp³-hybridized carbons (Fsp3) is 0.556. The van der Waals surface area contributed by atoms with Crippen molar-refractivity contribution in [3.8, 4) is 0 Å². The van der Waals surface area contributed by atoms with Gasteiger partial charge in [-0.15, -0.1) is 0 Å². The standard InChI is InChI=1S/C9H12BN3O/c10-7-5-12-13(6-7)8-2-1-3-11-9(14)4-8/h5-6,8H,1-4H2,(H,11,14). The SMILES string of the molecule is [B]c1cnn(C2CCCNC(=O)C2)c1. The molecule has 1 aromatic rings. The Morgan fingerprint density at radius 3 is 3.21 bits per heavy atom. The van der Waals surface area contributed by atoms with Crippen LogP contribution in [0.5, 0.6) is 0 Å². The first-order valence-corrected chi connectivity index (χ1v) is 4.82. The van der Waals surface area contributed by atoms with Crippen LogP contribution in [0.25, 0.3) is 0 Å². The van der Waals surface area contributed by atoms with Gasteiger partial charge in [0.15, 0.2) is 0 Å². The number of nitrogens with one attached hydrogen (secondary N) is 1. The van der Waals surface area contributed by atoms with Gasteiger partial charge in [-0.05, 0) is 12.8 Å². The van der Waals surface area contributed by atoms with Gasteiger partial charge in [-0.3, -0.25) is 9.48 Å². The lowest BCUT2D eigenvalue weighted by Crippen LogP contribution is -2.23. The zero-order valence-corrected chi connectivity index (χ0v) is 7.94. The van der Waals surface area contributed by atoms with Gasteiger partial charge in [0.25, 0.3) is 0 Å². The summed E-state index contributed by atoms with van der Waals surface area (Å²) >= 11 is 0. The normalized spacial score (nSPS) is 22.9. The van der Waals surface area contributed by atoms with Gasteiger partial charge in [-0.2, -0.15) is 5.10 Å². The fourth-order valence-corrected chi connectivity index (χ4v) is 1.73. The highest BCUT2D eigenvalue weighted by molar-refractivity contribution is 6.31. The lowest BCUT2D eigenvalue weighted by molar-refractivity contribution is -0.121. The van der Waals surface area contributed by atoms with E-state index in [1.54, 1.807) is 17.1 Å². The number of hydrogen-bond donors (Lipinski definition) is 1. The van der Waals surface area contributed by atoms with Crippen molar-refractivity contribution >= 4 is 19.2 Å². The van der Waals surface area contributed by atoms with Crippen LogP contribution in [0.2, 0.25) is 0 Å². The molecule has 0 spiro atoms. The van der Waals surface area contributed by atoms with Crippen LogP contribution in [0, 0.1) is 0 Å². The number of aromatic nitrogens is 2. The Bertz CT molecular complexity index is 337. The van der Waals surface area contributed by atoms with Gasteiger partial charge in [-0.1, -0.05) is 5.46 Å². The van der Waals surface area contributed by atoms with E-state index in [2.05, 4.69) is 10.4 Å². The molecule has 0 aromatic carbocycles. The highest BCUT2D eigenvalue weighted by atomic mass is 16.1. The number of carbonyl (C=O) groups excluding carboxylic acids is 1. The summed E-state index contributed by atoms with van der Waals surface area (Å²) in [6.07, 6.45) is 5.86. The molecule has 0 aliphatic carbocycles. The molecule has 4 nitrogen and oxygen atoms in total. The van der Waals surface area contributed by atoms with E-state index in [1.807, 2.05) is 0 Å². The van der Waals surface area contributed by atoms with E-state index in [0.717, 1.165) is 19.4 Å². The molecule has 2 rings (SSSR count). The largest absolute Gasteiger partial charge is 0.356 e. The topological polar surface area (TPSA) is 46.9 Å². The van der Waals surface area contributed by atoms with E-state index in [1.165, 1.54) is 0 Å². The van der Waals surface area contributed by atoms with Crippen LogP contribution in [0.15, 0.2) is 12.4 Å². The van der Waals surface area contributed by atoms with Crippen molar-refractivity contribution in [1.82, 2.24) is 15.1 Å². The molecule has 5 heteroatoms. The average molecular weight is 189 g/mol. The maximum Gasteiger partial charge on any atom is 0.222 e. The molecule has 1 N–H and O–H groups in total. The molecule has 0 bridgehead atoms. The number of rotatable bonds is 1. The smallest absolute Gasteiger partial charge is 0.222 e. The van der Waals surface area contributed by atoms with E-state index in [-0.39, 0.29) is 11.9 Å². The van der Waals surface area contributed by atoms with E-state index in [4.69, 9.17) is 7.85 Å². The summed E-state index contributed by atoms with van der Waals surface area (Å²) in [5.74, 6) is 0.0987. The molecule has 1 unspecified atom stereocenters. The number of nitrogens with zero attached hydrogens (tertiary/aromatic N) is 2. The quantitative estimate of drug-likeness (QED) is 0.606. The summed E-state index contributed by atoms with van der Waals surface area (Å²) in [6, 6.07) is 0.162. The maximum atomic E-state index is 11.3. The van der Waals surface area contributed by atoms with Crippen molar-refractivity contribution in [3.05, 3.63) is 12.4 Å². The summed E-state index contributed by atoms with van der Waals surface area (Å²) in [6.45, 7) is 0.770. The van der Waals surface area contributed by atoms with Crippen LogP contribution in [-0.2, 0) is 4.79 Å². The number of amides is 1. The summed E-state index contributed by atoms with van der Waals surface area (Å²) in [5.41, 5.74) is 0.648. The van der Waals surface area contributed by atoms with Crippen molar-refractivity contribution in [2.24, 2.45) is 0 Å². The molecule has 2 radical (unpaired) electrons. The van der Waals surface area contributed by atoms with Crippen molar-refractivity contribution in [3.63, 3.8) is 0 Å². The fourth-order valence-electron chi connectivity index (χ4n) is 1.73. The number of carbonyl (C=O) groups is 1. The highest BCUT2D eigenvalue weighted by Gasteiger charge is 2.18. The summed E-state index contributed by atoms with van der Waals surface area (Å²) < 4.78 is 1.79. The molecule has 14 heavy (non-hydrogen) atoms. The van der Waals surface area contributed by atoms with Gasteiger partial charge in [-0.25, -0.2) is 0 Å². The Labute approximate surface area is 84.1 Å². The van der Waals surface area contributed by atoms with E-state index in [9.17, 15) is 4.79 Å². The zero-order valence-electron chi connectivity index (χ0n) is 7.94. The van der Waals surface area contributed by atoms with E-state index in [0.29, 0.717) is 11.9 Å². The summed E-state index contributed by atoms with van der Waals surface area (Å²) in [7, 11) is 5.58. The third kappa shape index (κ3) is 1.97. The third-order valence-corrected chi connectivity index (χ3v) is 2.45. The first-order valence-electron chi connectivity index (χ1n) is 4.82. The summed E-state index contributed by atoms with van der Waals surface area (Å²) in [4.78, 5) is 11.3. The predicted molar refractivity (Wildman–Crippen MR) is 53.5 cm³/mol. The molecular formula is C9H12BN3O. The molecule has 1 saturated heterocycles. The molecule has 1 aromatic heterocycles. The Kier molecular flexibility index (Phi) is 2.57. The molecule has 1 amide bonds. The Hall–Kier alpha value is -1.26. The lowest BCUT2D eigenvalue weighted by Gasteiger charge is -2.12. The minimum atomic E-state index is 0.0987. The van der Waals surface area contributed by atoms with Crippen molar-refractivity contribution in [2.75, 3.05) is 6.54 Å². The Morgan fingerprint density at radius 2 is 2.50 bits per heavy atom. The van der Waals surface area contributed by atoms with Crippen LogP contribution in [0.4, 0.5) is 0 Å². The molecule has 1 aliphatic heterocycles. The minimum Gasteiger partial charge on any atom is -0.356 e. The van der Waals surface area contributed by atoms with Crippen molar-refractivity contribution in [2.45, 2.75) is 25.3 Å². The van der Waals surface area contributed by atoms with Crippen LogP contribution < -0.4 is 10.8 Å². The number of hydrogen-bond acceptors (Lipinski definition) is 2. The van der Waals surface area contributed by atoms with Crippen LogP contribution >= 0.6 is 0 Å². The van der Waals surface area contributed by atoms with Gasteiger partial charge in [0, 0.05) is 25.4 Å². The van der Waals surface area contributed by atoms with Crippen molar-refractivity contribution in [1.29, 1.82) is 0 Å². The van der Waals surface area contributed by atoms with Gasteiger partial charge in [0.05, 0.1) is 6.04 Å². The predicted octanol–water partition coefficient (Wildman–Crippen LogP) is -0.482. The molecule has 2 heterocycles. The first-order chi connectivity index (χ1) is 6.75. The molecular weight excluding hydrogens is 177 g/mol. The lowest BCUT2D eigenvalue weighted by atomic mass is 10.0. The minimum absolute atomic E-state index is 0.0987. The zero-order chi connectivity index (χ0) is 9.97. The third-order valence-electron chi connectivity index (χ3n) is 2.45.